The van der Waals surface area contributed by atoms with Gasteiger partial charge in [0.05, 0.1) is 10.2 Å². The first-order valence-electron chi connectivity index (χ1n) is 19.9. The fourth-order valence-corrected chi connectivity index (χ4v) is 9.17. The molecule has 0 saturated heterocycles. The largest absolute Gasteiger partial charge is 0.456 e. The zero-order valence-electron chi connectivity index (χ0n) is 32.0. The van der Waals surface area contributed by atoms with E-state index in [0.717, 1.165) is 82.0 Å². The molecule has 2 aromatic heterocycles. The van der Waals surface area contributed by atoms with Gasteiger partial charge in [-0.15, -0.1) is 11.3 Å². The lowest BCUT2D eigenvalue weighted by molar-refractivity contribution is 0.669. The van der Waals surface area contributed by atoms with Crippen LogP contribution in [0.15, 0.2) is 223 Å². The number of aromatic nitrogens is 1. The number of rotatable bonds is 8. The molecule has 0 radical (unpaired) electrons. The summed E-state index contributed by atoms with van der Waals surface area (Å²) in [6, 6.07) is 77.7. The highest BCUT2D eigenvalue weighted by Crippen LogP contribution is 2.44. The summed E-state index contributed by atoms with van der Waals surface area (Å²) in [4.78, 5) is 7.41. The molecule has 0 aliphatic rings. The highest BCUT2D eigenvalue weighted by atomic mass is 32.1. The molecule has 278 valence electrons. The van der Waals surface area contributed by atoms with E-state index >= 15 is 0 Å². The second kappa shape index (κ2) is 14.8. The fourth-order valence-electron chi connectivity index (χ4n) is 8.19. The van der Waals surface area contributed by atoms with Crippen molar-refractivity contribution in [2.45, 2.75) is 0 Å². The van der Waals surface area contributed by atoms with Crippen LogP contribution in [0.3, 0.4) is 0 Å². The van der Waals surface area contributed by atoms with E-state index in [1.807, 2.05) is 6.07 Å². The monoisotopic (exact) mass is 772 g/mol. The standard InChI is InChI=1S/C55H36N2OS/c1-5-14-37(15-6-1)39-24-27-44(28-25-39)57(45-23-13-22-42(32-45)38-16-7-2-8-17-38)46-29-30-47(48(34-46)40-18-9-3-10-19-40)43-26-31-52-49(33-43)50-35-51-54(36-53(50)58-52)59-55(56-51)41-20-11-4-12-21-41/h1-36H. The maximum Gasteiger partial charge on any atom is 0.136 e. The van der Waals surface area contributed by atoms with Gasteiger partial charge in [0, 0.05) is 39.5 Å². The summed E-state index contributed by atoms with van der Waals surface area (Å²) in [5.74, 6) is 0. The van der Waals surface area contributed by atoms with Gasteiger partial charge in [0.1, 0.15) is 16.2 Å². The van der Waals surface area contributed by atoms with E-state index in [2.05, 4.69) is 217 Å². The van der Waals surface area contributed by atoms with Gasteiger partial charge in [-0.1, -0.05) is 158 Å². The third kappa shape index (κ3) is 6.56. The first-order valence-corrected chi connectivity index (χ1v) is 20.7. The molecule has 9 aromatic carbocycles. The van der Waals surface area contributed by atoms with Crippen molar-refractivity contribution in [2.24, 2.45) is 0 Å². The molecule has 0 saturated carbocycles. The van der Waals surface area contributed by atoms with Gasteiger partial charge < -0.3 is 9.32 Å². The molecule has 0 unspecified atom stereocenters. The molecule has 11 rings (SSSR count). The van der Waals surface area contributed by atoms with Crippen LogP contribution in [-0.2, 0) is 0 Å². The van der Waals surface area contributed by atoms with Crippen LogP contribution in [0.5, 0.6) is 0 Å². The summed E-state index contributed by atoms with van der Waals surface area (Å²) in [6.45, 7) is 0. The molecule has 0 aliphatic carbocycles. The van der Waals surface area contributed by atoms with Crippen molar-refractivity contribution in [3.63, 3.8) is 0 Å². The Balaban J connectivity index is 1.05. The van der Waals surface area contributed by atoms with Crippen molar-refractivity contribution in [1.82, 2.24) is 4.98 Å². The summed E-state index contributed by atoms with van der Waals surface area (Å²) >= 11 is 1.70. The lowest BCUT2D eigenvalue weighted by Crippen LogP contribution is -2.10. The second-order valence-corrected chi connectivity index (χ2v) is 15.8. The lowest BCUT2D eigenvalue weighted by Gasteiger charge is -2.27. The highest BCUT2D eigenvalue weighted by Gasteiger charge is 2.19. The first-order chi connectivity index (χ1) is 29.2. The van der Waals surface area contributed by atoms with Crippen molar-refractivity contribution in [3.8, 4) is 55.1 Å². The topological polar surface area (TPSA) is 29.3 Å². The Morgan fingerprint density at radius 2 is 0.915 bits per heavy atom. The predicted molar refractivity (Wildman–Crippen MR) is 249 cm³/mol. The van der Waals surface area contributed by atoms with Gasteiger partial charge in [-0.2, -0.15) is 0 Å². The Hall–Kier alpha value is -7.53. The number of anilines is 3. The molecule has 2 heterocycles. The maximum atomic E-state index is 6.48. The highest BCUT2D eigenvalue weighted by molar-refractivity contribution is 7.21. The maximum absolute atomic E-state index is 6.48. The second-order valence-electron chi connectivity index (χ2n) is 14.8. The van der Waals surface area contributed by atoms with Crippen LogP contribution in [0.2, 0.25) is 0 Å². The van der Waals surface area contributed by atoms with Crippen LogP contribution in [-0.4, -0.2) is 4.98 Å². The molecule has 0 bridgehead atoms. The number of furan rings is 1. The average Bonchev–Trinajstić information content (AvgIpc) is 3.90. The van der Waals surface area contributed by atoms with E-state index in [-0.39, 0.29) is 0 Å². The summed E-state index contributed by atoms with van der Waals surface area (Å²) in [7, 11) is 0. The van der Waals surface area contributed by atoms with Gasteiger partial charge in [-0.25, -0.2) is 4.98 Å². The Kier molecular flexibility index (Phi) is 8.68. The van der Waals surface area contributed by atoms with E-state index in [1.54, 1.807) is 11.3 Å². The summed E-state index contributed by atoms with van der Waals surface area (Å²) in [6.07, 6.45) is 0. The van der Waals surface area contributed by atoms with Gasteiger partial charge in [0.25, 0.3) is 0 Å². The van der Waals surface area contributed by atoms with Crippen molar-refractivity contribution >= 4 is 60.6 Å². The number of thiazole rings is 1. The van der Waals surface area contributed by atoms with Gasteiger partial charge >= 0.3 is 0 Å². The Bertz CT molecular complexity index is 3250. The van der Waals surface area contributed by atoms with Gasteiger partial charge in [0.2, 0.25) is 0 Å². The molecule has 0 N–H and O–H groups in total. The van der Waals surface area contributed by atoms with Crippen molar-refractivity contribution < 1.29 is 4.42 Å². The molecule has 11 aromatic rings. The molecule has 0 amide bonds. The number of hydrogen-bond acceptors (Lipinski definition) is 4. The normalized spacial score (nSPS) is 11.4. The van der Waals surface area contributed by atoms with Crippen LogP contribution in [0.1, 0.15) is 0 Å². The molecule has 4 heteroatoms. The predicted octanol–water partition coefficient (Wildman–Crippen LogP) is 16.0. The van der Waals surface area contributed by atoms with Crippen LogP contribution >= 0.6 is 11.3 Å². The molecule has 0 spiro atoms. The molecule has 0 aliphatic heterocycles. The third-order valence-electron chi connectivity index (χ3n) is 11.1. The zero-order valence-corrected chi connectivity index (χ0v) is 32.8. The molecule has 0 fully saturated rings. The summed E-state index contributed by atoms with van der Waals surface area (Å²) in [5, 5.41) is 3.16. The molecular formula is C55H36N2OS. The lowest BCUT2D eigenvalue weighted by atomic mass is 9.92. The Morgan fingerprint density at radius 3 is 1.63 bits per heavy atom. The summed E-state index contributed by atoms with van der Waals surface area (Å²) < 4.78 is 7.60. The van der Waals surface area contributed by atoms with Gasteiger partial charge in [-0.3, -0.25) is 0 Å². The number of benzene rings is 9. The van der Waals surface area contributed by atoms with Gasteiger partial charge in [0.15, 0.2) is 0 Å². The average molecular weight is 773 g/mol. The molecule has 59 heavy (non-hydrogen) atoms. The third-order valence-corrected chi connectivity index (χ3v) is 12.2. The van der Waals surface area contributed by atoms with E-state index in [4.69, 9.17) is 9.40 Å². The molecular weight excluding hydrogens is 737 g/mol. The van der Waals surface area contributed by atoms with Crippen LogP contribution in [0.4, 0.5) is 17.1 Å². The van der Waals surface area contributed by atoms with Crippen LogP contribution < -0.4 is 4.90 Å². The number of hydrogen-bond donors (Lipinski definition) is 0. The quantitative estimate of drug-likeness (QED) is 0.154. The van der Waals surface area contributed by atoms with Crippen molar-refractivity contribution in [2.75, 3.05) is 4.90 Å². The van der Waals surface area contributed by atoms with Crippen LogP contribution in [0.25, 0.3) is 87.2 Å². The van der Waals surface area contributed by atoms with Gasteiger partial charge in [-0.05, 0) is 99.1 Å². The van der Waals surface area contributed by atoms with E-state index in [0.29, 0.717) is 0 Å². The minimum Gasteiger partial charge on any atom is -0.456 e. The van der Waals surface area contributed by atoms with Crippen LogP contribution in [0, 0.1) is 0 Å². The molecule has 3 nitrogen and oxygen atoms in total. The van der Waals surface area contributed by atoms with E-state index < -0.39 is 0 Å². The number of nitrogens with zero attached hydrogens (tertiary/aromatic N) is 2. The summed E-state index contributed by atoms with van der Waals surface area (Å²) in [5.41, 5.74) is 16.4. The first kappa shape index (κ1) is 34.7. The van der Waals surface area contributed by atoms with E-state index in [1.165, 1.54) is 22.3 Å². The van der Waals surface area contributed by atoms with Crippen molar-refractivity contribution in [3.05, 3.63) is 218 Å². The minimum atomic E-state index is 0.867. The minimum absolute atomic E-state index is 0.867. The number of fused-ring (bicyclic) bond motifs is 4. The Morgan fingerprint density at radius 1 is 0.356 bits per heavy atom. The smallest absolute Gasteiger partial charge is 0.136 e. The fraction of sp³-hybridized carbons (Fsp3) is 0. The zero-order chi connectivity index (χ0) is 39.1. The molecule has 0 atom stereocenters. The van der Waals surface area contributed by atoms with E-state index in [9.17, 15) is 0 Å². The Labute approximate surface area is 346 Å². The van der Waals surface area contributed by atoms with Crippen molar-refractivity contribution in [1.29, 1.82) is 0 Å². The SMILES string of the molecule is c1ccc(-c2ccc(N(c3cccc(-c4ccccc4)c3)c3ccc(-c4ccc5oc6cc7sc(-c8ccccc8)nc7cc6c5c4)c(-c4ccccc4)c3)cc2)cc1.